The Labute approximate surface area is 121 Å². The summed E-state index contributed by atoms with van der Waals surface area (Å²) in [5, 5.41) is 23.1. The third-order valence-corrected chi connectivity index (χ3v) is 4.31. The van der Waals surface area contributed by atoms with Gasteiger partial charge < -0.3 is 20.3 Å². The molecule has 4 atom stereocenters. The van der Waals surface area contributed by atoms with E-state index in [0.29, 0.717) is 17.0 Å². The summed E-state index contributed by atoms with van der Waals surface area (Å²) in [6.07, 6.45) is 1.93. The van der Waals surface area contributed by atoms with Crippen molar-refractivity contribution in [2.24, 2.45) is 5.92 Å². The van der Waals surface area contributed by atoms with E-state index in [1.54, 1.807) is 24.9 Å². The van der Waals surface area contributed by atoms with Crippen molar-refractivity contribution in [3.8, 4) is 0 Å². The second-order valence-electron chi connectivity index (χ2n) is 5.52. The molecule has 0 spiro atoms. The maximum atomic E-state index is 10.7. The van der Waals surface area contributed by atoms with E-state index < -0.39 is 17.9 Å². The highest BCUT2D eigenvalue weighted by Crippen LogP contribution is 2.43. The Balaban J connectivity index is 2.09. The fraction of sp³-hybridized carbons (Fsp3) is 0.615. The molecule has 8 nitrogen and oxygen atoms in total. The summed E-state index contributed by atoms with van der Waals surface area (Å²) in [5.74, 6) is 0.402. The quantitative estimate of drug-likeness (QED) is 0.739. The molecule has 1 unspecified atom stereocenters. The SMILES string of the molecule is CNc1ncnc2c1ncn2[C@@H]1O[C@H](CO)C(C)[C@]1(C)O. The lowest BCUT2D eigenvalue weighted by molar-refractivity contribution is -0.0876. The third-order valence-electron chi connectivity index (χ3n) is 4.31. The first-order valence-corrected chi connectivity index (χ1v) is 6.84. The summed E-state index contributed by atoms with van der Waals surface area (Å²) >= 11 is 0. The van der Waals surface area contributed by atoms with Crippen LogP contribution in [-0.2, 0) is 4.74 Å². The number of rotatable bonds is 3. The van der Waals surface area contributed by atoms with Crippen LogP contribution in [0.3, 0.4) is 0 Å². The molecule has 0 radical (unpaired) electrons. The van der Waals surface area contributed by atoms with Crippen molar-refractivity contribution in [3.05, 3.63) is 12.7 Å². The lowest BCUT2D eigenvalue weighted by Gasteiger charge is -2.28. The second kappa shape index (κ2) is 4.90. The zero-order valence-corrected chi connectivity index (χ0v) is 12.2. The number of nitrogens with one attached hydrogen (secondary N) is 1. The summed E-state index contributed by atoms with van der Waals surface area (Å²) in [7, 11) is 1.76. The topological polar surface area (TPSA) is 105 Å². The predicted molar refractivity (Wildman–Crippen MR) is 75.7 cm³/mol. The smallest absolute Gasteiger partial charge is 0.167 e. The van der Waals surface area contributed by atoms with E-state index in [2.05, 4.69) is 20.3 Å². The molecule has 0 bridgehead atoms. The number of aliphatic hydroxyl groups is 2. The van der Waals surface area contributed by atoms with E-state index in [9.17, 15) is 10.2 Å². The largest absolute Gasteiger partial charge is 0.394 e. The molecule has 1 saturated heterocycles. The molecule has 3 N–H and O–H groups in total. The van der Waals surface area contributed by atoms with Gasteiger partial charge in [0.2, 0.25) is 0 Å². The van der Waals surface area contributed by atoms with Crippen molar-refractivity contribution in [1.82, 2.24) is 19.5 Å². The molecule has 0 saturated carbocycles. The molecule has 0 amide bonds. The molecule has 1 aliphatic heterocycles. The number of aliphatic hydroxyl groups excluding tert-OH is 1. The number of imidazole rings is 1. The Morgan fingerprint density at radius 3 is 2.81 bits per heavy atom. The lowest BCUT2D eigenvalue weighted by Crippen LogP contribution is -2.38. The molecule has 3 rings (SSSR count). The monoisotopic (exact) mass is 293 g/mol. The van der Waals surface area contributed by atoms with E-state index in [1.807, 2.05) is 6.92 Å². The Morgan fingerprint density at radius 1 is 1.43 bits per heavy atom. The number of hydrogen-bond acceptors (Lipinski definition) is 7. The molecular formula is C13H19N5O3. The average molecular weight is 293 g/mol. The Morgan fingerprint density at radius 2 is 2.19 bits per heavy atom. The zero-order valence-electron chi connectivity index (χ0n) is 12.2. The van der Waals surface area contributed by atoms with Crippen LogP contribution in [0.2, 0.25) is 0 Å². The molecular weight excluding hydrogens is 274 g/mol. The van der Waals surface area contributed by atoms with Crippen LogP contribution < -0.4 is 5.32 Å². The Bertz CT molecular complexity index is 656. The van der Waals surface area contributed by atoms with E-state index in [4.69, 9.17) is 4.74 Å². The van der Waals surface area contributed by atoms with E-state index in [0.717, 1.165) is 0 Å². The van der Waals surface area contributed by atoms with Crippen molar-refractivity contribution in [1.29, 1.82) is 0 Å². The minimum atomic E-state index is -1.13. The van der Waals surface area contributed by atoms with Gasteiger partial charge in [0.1, 0.15) is 17.4 Å². The van der Waals surface area contributed by atoms with Crippen LogP contribution >= 0.6 is 0 Å². The highest BCUT2D eigenvalue weighted by atomic mass is 16.5. The van der Waals surface area contributed by atoms with E-state index >= 15 is 0 Å². The van der Waals surface area contributed by atoms with Crippen molar-refractivity contribution in [3.63, 3.8) is 0 Å². The molecule has 8 heteroatoms. The van der Waals surface area contributed by atoms with Crippen LogP contribution in [0.25, 0.3) is 11.2 Å². The molecule has 1 fully saturated rings. The summed E-state index contributed by atoms with van der Waals surface area (Å²) in [6, 6.07) is 0. The first kappa shape index (κ1) is 14.2. The number of ether oxygens (including phenoxy) is 1. The fourth-order valence-corrected chi connectivity index (χ4v) is 2.78. The summed E-state index contributed by atoms with van der Waals surface area (Å²) in [5.41, 5.74) is 0.0520. The molecule has 2 aromatic rings. The maximum Gasteiger partial charge on any atom is 0.167 e. The van der Waals surface area contributed by atoms with Crippen LogP contribution in [0.5, 0.6) is 0 Å². The molecule has 114 valence electrons. The predicted octanol–water partition coefficient (Wildman–Crippen LogP) is 0.145. The van der Waals surface area contributed by atoms with Gasteiger partial charge >= 0.3 is 0 Å². The standard InChI is InChI=1S/C13H19N5O3/c1-7-8(4-19)21-12(13(7,2)20)18-6-17-9-10(14-3)15-5-16-11(9)18/h5-8,12,19-20H,4H2,1-3H3,(H,14,15,16)/t7?,8-,12-,13+/m1/s1. The van der Waals surface area contributed by atoms with Crippen LogP contribution in [0.4, 0.5) is 5.82 Å². The van der Waals surface area contributed by atoms with E-state index in [-0.39, 0.29) is 12.5 Å². The van der Waals surface area contributed by atoms with E-state index in [1.165, 1.54) is 6.33 Å². The Kier molecular flexibility index (Phi) is 3.31. The molecule has 0 aliphatic carbocycles. The highest BCUT2D eigenvalue weighted by molar-refractivity contribution is 5.82. The number of hydrogen-bond donors (Lipinski definition) is 3. The van der Waals surface area contributed by atoms with Crippen molar-refractivity contribution in [2.75, 3.05) is 19.0 Å². The van der Waals surface area contributed by atoms with Gasteiger partial charge in [0.15, 0.2) is 17.7 Å². The van der Waals surface area contributed by atoms with Crippen LogP contribution in [0.15, 0.2) is 12.7 Å². The van der Waals surface area contributed by atoms with Crippen molar-refractivity contribution in [2.45, 2.75) is 31.8 Å². The first-order valence-electron chi connectivity index (χ1n) is 6.84. The van der Waals surface area contributed by atoms with Gasteiger partial charge in [0.05, 0.1) is 19.0 Å². The van der Waals surface area contributed by atoms with Gasteiger partial charge in [-0.15, -0.1) is 0 Å². The van der Waals surface area contributed by atoms with Gasteiger partial charge in [0.25, 0.3) is 0 Å². The van der Waals surface area contributed by atoms with Gasteiger partial charge in [-0.3, -0.25) is 4.57 Å². The zero-order chi connectivity index (χ0) is 15.2. The Hall–Kier alpha value is -1.77. The van der Waals surface area contributed by atoms with Gasteiger partial charge in [-0.25, -0.2) is 15.0 Å². The number of aromatic nitrogens is 4. The van der Waals surface area contributed by atoms with Crippen LogP contribution in [0.1, 0.15) is 20.1 Å². The summed E-state index contributed by atoms with van der Waals surface area (Å²) in [6.45, 7) is 3.41. The molecule has 3 heterocycles. The van der Waals surface area contributed by atoms with Gasteiger partial charge in [-0.2, -0.15) is 0 Å². The molecule has 21 heavy (non-hydrogen) atoms. The third kappa shape index (κ3) is 1.98. The maximum absolute atomic E-state index is 10.7. The highest BCUT2D eigenvalue weighted by Gasteiger charge is 2.51. The fourth-order valence-electron chi connectivity index (χ4n) is 2.78. The van der Waals surface area contributed by atoms with Crippen molar-refractivity contribution >= 4 is 17.0 Å². The lowest BCUT2D eigenvalue weighted by atomic mass is 9.88. The number of anilines is 1. The minimum absolute atomic E-state index is 0.142. The van der Waals surface area contributed by atoms with Crippen LogP contribution in [0, 0.1) is 5.92 Å². The average Bonchev–Trinajstić information content (AvgIpc) is 2.99. The first-order chi connectivity index (χ1) is 10.0. The number of fused-ring (bicyclic) bond motifs is 1. The molecule has 0 aromatic carbocycles. The summed E-state index contributed by atoms with van der Waals surface area (Å²) in [4.78, 5) is 12.6. The van der Waals surface area contributed by atoms with Crippen LogP contribution in [-0.4, -0.2) is 55.1 Å². The van der Waals surface area contributed by atoms with Gasteiger partial charge in [0, 0.05) is 13.0 Å². The molecule has 1 aliphatic rings. The van der Waals surface area contributed by atoms with Gasteiger partial charge in [-0.1, -0.05) is 6.92 Å². The number of nitrogens with zero attached hydrogens (tertiary/aromatic N) is 4. The summed E-state index contributed by atoms with van der Waals surface area (Å²) < 4.78 is 7.49. The van der Waals surface area contributed by atoms with Gasteiger partial charge in [-0.05, 0) is 6.92 Å². The second-order valence-corrected chi connectivity index (χ2v) is 5.52. The molecule has 2 aromatic heterocycles. The minimum Gasteiger partial charge on any atom is -0.394 e. The normalized spacial score (nSPS) is 32.7. The van der Waals surface area contributed by atoms with Crippen molar-refractivity contribution < 1.29 is 14.9 Å².